The number of hydrogen-bond donors (Lipinski definition) is 0. The first-order valence-electron chi connectivity index (χ1n) is 7.91. The van der Waals surface area contributed by atoms with Gasteiger partial charge in [-0.1, -0.05) is 6.92 Å². The summed E-state index contributed by atoms with van der Waals surface area (Å²) in [6.45, 7) is 16.1. The van der Waals surface area contributed by atoms with Gasteiger partial charge in [0, 0.05) is 0 Å². The molecule has 0 saturated heterocycles. The highest BCUT2D eigenvalue weighted by Gasteiger charge is 2.34. The molecule has 6 heteroatoms. The molecule has 6 nitrogen and oxygen atoms in total. The summed E-state index contributed by atoms with van der Waals surface area (Å²) in [5.41, 5.74) is -1.88. The van der Waals surface area contributed by atoms with Gasteiger partial charge in [-0.3, -0.25) is 9.78 Å². The summed E-state index contributed by atoms with van der Waals surface area (Å²) in [7, 11) is 0. The van der Waals surface area contributed by atoms with E-state index >= 15 is 0 Å². The third-order valence-electron chi connectivity index (χ3n) is 2.68. The van der Waals surface area contributed by atoms with E-state index in [4.69, 9.17) is 19.6 Å². The molecule has 1 unspecified atom stereocenters. The Labute approximate surface area is 139 Å². The number of carbonyl (C=O) groups excluding carboxylic acids is 2. The van der Waals surface area contributed by atoms with Crippen molar-refractivity contribution in [2.24, 2.45) is 11.3 Å². The Morgan fingerprint density at radius 3 is 1.70 bits per heavy atom. The highest BCUT2D eigenvalue weighted by molar-refractivity contribution is 5.75. The third kappa shape index (κ3) is 11.1. The van der Waals surface area contributed by atoms with Gasteiger partial charge in [0.15, 0.2) is 0 Å². The van der Waals surface area contributed by atoms with E-state index in [2.05, 4.69) is 0 Å². The van der Waals surface area contributed by atoms with Crippen LogP contribution in [0.5, 0.6) is 0 Å². The van der Waals surface area contributed by atoms with Crippen LogP contribution < -0.4 is 0 Å². The van der Waals surface area contributed by atoms with Crippen LogP contribution in [0.3, 0.4) is 0 Å². The van der Waals surface area contributed by atoms with E-state index in [1.165, 1.54) is 0 Å². The highest BCUT2D eigenvalue weighted by Crippen LogP contribution is 2.29. The van der Waals surface area contributed by atoms with Crippen molar-refractivity contribution in [3.05, 3.63) is 0 Å². The lowest BCUT2D eigenvalue weighted by Crippen LogP contribution is -2.32. The Bertz CT molecular complexity index is 400. The van der Waals surface area contributed by atoms with Crippen molar-refractivity contribution >= 4 is 11.9 Å². The summed E-state index contributed by atoms with van der Waals surface area (Å²) in [6, 6.07) is 0. The fourth-order valence-electron chi connectivity index (χ4n) is 1.79. The fraction of sp³-hybridized carbons (Fsp3) is 0.882. The lowest BCUT2D eigenvalue weighted by atomic mass is 9.82. The van der Waals surface area contributed by atoms with Gasteiger partial charge < -0.3 is 0 Å². The Balaban J connectivity index is 4.37. The van der Waals surface area contributed by atoms with Crippen LogP contribution in [0.4, 0.5) is 0 Å². The van der Waals surface area contributed by atoms with Crippen LogP contribution in [0.15, 0.2) is 0 Å². The second kappa shape index (κ2) is 8.11. The van der Waals surface area contributed by atoms with E-state index in [1.807, 2.05) is 6.92 Å². The van der Waals surface area contributed by atoms with Gasteiger partial charge in [-0.25, -0.2) is 9.59 Å². The first kappa shape index (κ1) is 21.9. The van der Waals surface area contributed by atoms with Crippen LogP contribution in [-0.2, 0) is 29.1 Å². The first-order chi connectivity index (χ1) is 10.1. The molecule has 23 heavy (non-hydrogen) atoms. The molecule has 0 saturated carbocycles. The van der Waals surface area contributed by atoms with Crippen molar-refractivity contribution in [1.29, 1.82) is 0 Å². The molecule has 0 N–H and O–H groups in total. The number of rotatable bonds is 7. The third-order valence-corrected chi connectivity index (χ3v) is 2.68. The summed E-state index contributed by atoms with van der Waals surface area (Å²) in [5, 5.41) is 0. The molecule has 0 amide bonds. The van der Waals surface area contributed by atoms with Crippen molar-refractivity contribution in [1.82, 2.24) is 0 Å². The maximum absolute atomic E-state index is 12.1. The summed E-state index contributed by atoms with van der Waals surface area (Å²) in [5.74, 6) is -0.982. The zero-order chi connectivity index (χ0) is 18.5. The molecular weight excluding hydrogens is 300 g/mol. The standard InChI is InChI=1S/C17H32O6/c1-12(10-13(18)20-22-15(2,3)4)11-17(8,9)14(19)21-23-16(5,6)7/h12H,10-11H2,1-9H3. The molecule has 0 spiro atoms. The SMILES string of the molecule is CC(CC(=O)OOC(C)(C)C)CC(C)(C)C(=O)OOC(C)(C)C. The van der Waals surface area contributed by atoms with E-state index in [0.29, 0.717) is 6.42 Å². The van der Waals surface area contributed by atoms with Crippen molar-refractivity contribution in [3.63, 3.8) is 0 Å². The number of hydrogen-bond acceptors (Lipinski definition) is 6. The monoisotopic (exact) mass is 332 g/mol. The smallest absolute Gasteiger partial charge is 0.298 e. The molecule has 0 aromatic carbocycles. The summed E-state index contributed by atoms with van der Waals surface area (Å²) in [4.78, 5) is 43.5. The molecule has 0 aromatic rings. The van der Waals surface area contributed by atoms with Crippen molar-refractivity contribution in [3.8, 4) is 0 Å². The number of carbonyl (C=O) groups is 2. The lowest BCUT2D eigenvalue weighted by Gasteiger charge is -2.26. The van der Waals surface area contributed by atoms with Crippen molar-refractivity contribution in [2.45, 2.75) is 86.4 Å². The van der Waals surface area contributed by atoms with E-state index < -0.39 is 28.6 Å². The Morgan fingerprint density at radius 2 is 1.26 bits per heavy atom. The van der Waals surface area contributed by atoms with Crippen molar-refractivity contribution < 1.29 is 29.1 Å². The molecule has 136 valence electrons. The molecule has 0 fully saturated rings. The van der Waals surface area contributed by atoms with Gasteiger partial charge in [-0.05, 0) is 67.7 Å². The second-order valence-electron chi connectivity index (χ2n) is 8.61. The van der Waals surface area contributed by atoms with E-state index in [1.54, 1.807) is 55.4 Å². The Morgan fingerprint density at radius 1 is 0.826 bits per heavy atom. The normalized spacial score (nSPS) is 14.3. The molecule has 0 radical (unpaired) electrons. The summed E-state index contributed by atoms with van der Waals surface area (Å²) in [6.07, 6.45) is 0.622. The minimum absolute atomic E-state index is 0.0664. The maximum atomic E-state index is 12.1. The fourth-order valence-corrected chi connectivity index (χ4v) is 1.79. The zero-order valence-corrected chi connectivity index (χ0v) is 15.9. The largest absolute Gasteiger partial charge is 0.347 e. The molecule has 0 rings (SSSR count). The molecule has 0 aliphatic rings. The topological polar surface area (TPSA) is 71.1 Å². The average Bonchev–Trinajstić information content (AvgIpc) is 2.30. The van der Waals surface area contributed by atoms with Gasteiger partial charge in [0.1, 0.15) is 11.2 Å². The Hall–Kier alpha value is -1.14. The molecule has 0 heterocycles. The van der Waals surface area contributed by atoms with Crippen LogP contribution in [-0.4, -0.2) is 23.1 Å². The highest BCUT2D eigenvalue weighted by atomic mass is 17.2. The predicted octanol–water partition coefficient (Wildman–Crippen LogP) is 3.98. The maximum Gasteiger partial charge on any atom is 0.347 e. The van der Waals surface area contributed by atoms with Gasteiger partial charge in [0.2, 0.25) is 0 Å². The van der Waals surface area contributed by atoms with Crippen LogP contribution in [0.2, 0.25) is 0 Å². The van der Waals surface area contributed by atoms with E-state index in [0.717, 1.165) is 0 Å². The van der Waals surface area contributed by atoms with Crippen LogP contribution in [0, 0.1) is 11.3 Å². The van der Waals surface area contributed by atoms with Gasteiger partial charge in [0.25, 0.3) is 0 Å². The molecular formula is C17H32O6. The van der Waals surface area contributed by atoms with E-state index in [9.17, 15) is 9.59 Å². The summed E-state index contributed by atoms with van der Waals surface area (Å²) >= 11 is 0. The molecule has 0 bridgehead atoms. The van der Waals surface area contributed by atoms with Crippen LogP contribution in [0.25, 0.3) is 0 Å². The first-order valence-corrected chi connectivity index (χ1v) is 7.91. The van der Waals surface area contributed by atoms with Gasteiger partial charge in [-0.15, -0.1) is 0 Å². The van der Waals surface area contributed by atoms with Crippen molar-refractivity contribution in [2.75, 3.05) is 0 Å². The minimum Gasteiger partial charge on any atom is -0.298 e. The second-order valence-corrected chi connectivity index (χ2v) is 8.61. The van der Waals surface area contributed by atoms with Gasteiger partial charge >= 0.3 is 11.9 Å². The predicted molar refractivity (Wildman–Crippen MR) is 86.0 cm³/mol. The quantitative estimate of drug-likeness (QED) is 0.519. The van der Waals surface area contributed by atoms with Crippen LogP contribution in [0.1, 0.15) is 75.2 Å². The average molecular weight is 332 g/mol. The molecule has 0 aliphatic carbocycles. The minimum atomic E-state index is -0.768. The molecule has 0 aliphatic heterocycles. The van der Waals surface area contributed by atoms with Gasteiger partial charge in [0.05, 0.1) is 11.8 Å². The molecule has 1 atom stereocenters. The Kier molecular flexibility index (Phi) is 7.70. The van der Waals surface area contributed by atoms with Crippen LogP contribution >= 0.6 is 0 Å². The summed E-state index contributed by atoms with van der Waals surface area (Å²) < 4.78 is 0. The van der Waals surface area contributed by atoms with Gasteiger partial charge in [-0.2, -0.15) is 9.78 Å². The van der Waals surface area contributed by atoms with E-state index in [-0.39, 0.29) is 12.3 Å². The molecule has 0 aromatic heterocycles. The lowest BCUT2D eigenvalue weighted by molar-refractivity contribution is -0.326. The zero-order valence-electron chi connectivity index (χ0n) is 15.9.